The van der Waals surface area contributed by atoms with Gasteiger partial charge in [0.1, 0.15) is 5.82 Å². The molecule has 0 aliphatic heterocycles. The van der Waals surface area contributed by atoms with Crippen LogP contribution in [-0.4, -0.2) is 6.54 Å². The molecule has 0 amide bonds. The molecule has 1 unspecified atom stereocenters. The van der Waals surface area contributed by atoms with Crippen molar-refractivity contribution in [3.63, 3.8) is 0 Å². The molecule has 0 spiro atoms. The molecule has 94 valence electrons. The summed E-state index contributed by atoms with van der Waals surface area (Å²) in [6.45, 7) is 3.01. The molecule has 1 aromatic rings. The summed E-state index contributed by atoms with van der Waals surface area (Å²) in [4.78, 5) is 0. The lowest BCUT2D eigenvalue weighted by molar-refractivity contribution is 0.481. The van der Waals surface area contributed by atoms with Gasteiger partial charge in [-0.05, 0) is 43.0 Å². The molecule has 1 aromatic carbocycles. The van der Waals surface area contributed by atoms with Gasteiger partial charge in [-0.1, -0.05) is 37.4 Å². The van der Waals surface area contributed by atoms with Crippen molar-refractivity contribution in [3.8, 4) is 0 Å². The van der Waals surface area contributed by atoms with Crippen molar-refractivity contribution >= 4 is 11.6 Å². The molecular weight excluding hydrogens is 237 g/mol. The van der Waals surface area contributed by atoms with E-state index in [9.17, 15) is 4.39 Å². The molecule has 1 aliphatic rings. The fourth-order valence-corrected chi connectivity index (χ4v) is 2.36. The van der Waals surface area contributed by atoms with Crippen molar-refractivity contribution in [2.45, 2.75) is 38.6 Å². The van der Waals surface area contributed by atoms with E-state index in [1.807, 2.05) is 6.07 Å². The summed E-state index contributed by atoms with van der Waals surface area (Å²) in [5, 5.41) is 3.67. The SMILES string of the molecule is CCNC(CCC1CC1)c1ccc(F)c(Cl)c1. The van der Waals surface area contributed by atoms with Crippen LogP contribution in [0.5, 0.6) is 0 Å². The van der Waals surface area contributed by atoms with Gasteiger partial charge in [-0.15, -0.1) is 0 Å². The molecule has 0 bridgehead atoms. The number of hydrogen-bond donors (Lipinski definition) is 1. The first-order valence-corrected chi connectivity index (χ1v) is 6.76. The Balaban J connectivity index is 2.03. The quantitative estimate of drug-likeness (QED) is 0.798. The second-order valence-electron chi connectivity index (χ2n) is 4.80. The molecule has 1 fully saturated rings. The van der Waals surface area contributed by atoms with Crippen molar-refractivity contribution in [1.29, 1.82) is 0 Å². The first kappa shape index (κ1) is 12.8. The minimum absolute atomic E-state index is 0.219. The minimum Gasteiger partial charge on any atom is -0.310 e. The Labute approximate surface area is 107 Å². The topological polar surface area (TPSA) is 12.0 Å². The van der Waals surface area contributed by atoms with E-state index in [2.05, 4.69) is 12.2 Å². The lowest BCUT2D eigenvalue weighted by Crippen LogP contribution is -2.21. The number of hydrogen-bond acceptors (Lipinski definition) is 1. The molecule has 1 atom stereocenters. The number of benzene rings is 1. The van der Waals surface area contributed by atoms with Gasteiger partial charge >= 0.3 is 0 Å². The maximum Gasteiger partial charge on any atom is 0.141 e. The zero-order chi connectivity index (χ0) is 12.3. The largest absolute Gasteiger partial charge is 0.310 e. The van der Waals surface area contributed by atoms with Gasteiger partial charge in [0.25, 0.3) is 0 Å². The van der Waals surface area contributed by atoms with Crippen LogP contribution in [0.1, 0.15) is 44.2 Å². The average Bonchev–Trinajstić information content (AvgIpc) is 3.12. The number of nitrogens with one attached hydrogen (secondary N) is 1. The Bertz CT molecular complexity index is 376. The van der Waals surface area contributed by atoms with Gasteiger partial charge in [-0.25, -0.2) is 4.39 Å². The highest BCUT2D eigenvalue weighted by Gasteiger charge is 2.23. The molecule has 1 nitrogen and oxygen atoms in total. The second kappa shape index (κ2) is 5.83. The highest BCUT2D eigenvalue weighted by molar-refractivity contribution is 6.30. The fourth-order valence-electron chi connectivity index (χ4n) is 2.17. The molecule has 17 heavy (non-hydrogen) atoms. The standard InChI is InChI=1S/C14H19ClFN/c1-2-17-14(8-5-10-3-4-10)11-6-7-13(16)12(15)9-11/h6-7,9-10,14,17H,2-5,8H2,1H3. The Morgan fingerprint density at radius 2 is 2.24 bits per heavy atom. The summed E-state index contributed by atoms with van der Waals surface area (Å²) in [6, 6.07) is 5.34. The monoisotopic (exact) mass is 255 g/mol. The van der Waals surface area contributed by atoms with Gasteiger partial charge < -0.3 is 5.32 Å². The lowest BCUT2D eigenvalue weighted by atomic mass is 10.0. The molecule has 0 saturated heterocycles. The zero-order valence-corrected chi connectivity index (χ0v) is 10.9. The predicted octanol–water partition coefficient (Wildman–Crippen LogP) is 4.32. The maximum absolute atomic E-state index is 13.1. The van der Waals surface area contributed by atoms with Crippen LogP contribution in [0.3, 0.4) is 0 Å². The smallest absolute Gasteiger partial charge is 0.141 e. The van der Waals surface area contributed by atoms with Gasteiger partial charge in [0.2, 0.25) is 0 Å². The van der Waals surface area contributed by atoms with Crippen LogP contribution in [0, 0.1) is 11.7 Å². The summed E-state index contributed by atoms with van der Waals surface area (Å²) in [6.07, 6.45) is 5.12. The Hall–Kier alpha value is -0.600. The summed E-state index contributed by atoms with van der Waals surface area (Å²) in [5.41, 5.74) is 1.10. The highest BCUT2D eigenvalue weighted by Crippen LogP contribution is 2.36. The lowest BCUT2D eigenvalue weighted by Gasteiger charge is -2.18. The van der Waals surface area contributed by atoms with E-state index in [0.717, 1.165) is 24.4 Å². The van der Waals surface area contributed by atoms with E-state index in [-0.39, 0.29) is 10.8 Å². The van der Waals surface area contributed by atoms with Crippen LogP contribution in [0.4, 0.5) is 4.39 Å². The van der Waals surface area contributed by atoms with E-state index in [1.165, 1.54) is 25.3 Å². The molecule has 2 rings (SSSR count). The number of rotatable bonds is 6. The normalized spacial score (nSPS) is 17.1. The van der Waals surface area contributed by atoms with Crippen LogP contribution in [0.15, 0.2) is 18.2 Å². The third-order valence-electron chi connectivity index (χ3n) is 3.36. The number of halogens is 2. The molecule has 3 heteroatoms. The van der Waals surface area contributed by atoms with Gasteiger partial charge in [-0.3, -0.25) is 0 Å². The van der Waals surface area contributed by atoms with Crippen LogP contribution < -0.4 is 5.32 Å². The van der Waals surface area contributed by atoms with Gasteiger partial charge in [0.15, 0.2) is 0 Å². The zero-order valence-electron chi connectivity index (χ0n) is 10.2. The highest BCUT2D eigenvalue weighted by atomic mass is 35.5. The van der Waals surface area contributed by atoms with Crippen LogP contribution in [0.2, 0.25) is 5.02 Å². The molecule has 0 heterocycles. The second-order valence-corrected chi connectivity index (χ2v) is 5.21. The van der Waals surface area contributed by atoms with E-state index in [4.69, 9.17) is 11.6 Å². The van der Waals surface area contributed by atoms with Crippen molar-refractivity contribution in [2.75, 3.05) is 6.54 Å². The average molecular weight is 256 g/mol. The maximum atomic E-state index is 13.1. The fraction of sp³-hybridized carbons (Fsp3) is 0.571. The van der Waals surface area contributed by atoms with Crippen LogP contribution >= 0.6 is 11.6 Å². The summed E-state index contributed by atoms with van der Waals surface area (Å²) in [5.74, 6) is 0.583. The first-order chi connectivity index (χ1) is 8.20. The Kier molecular flexibility index (Phi) is 4.41. The minimum atomic E-state index is -0.340. The van der Waals surface area contributed by atoms with Crippen molar-refractivity contribution in [2.24, 2.45) is 5.92 Å². The predicted molar refractivity (Wildman–Crippen MR) is 69.8 cm³/mol. The Morgan fingerprint density at radius 3 is 2.82 bits per heavy atom. The van der Waals surface area contributed by atoms with Crippen molar-refractivity contribution in [1.82, 2.24) is 5.32 Å². The summed E-state index contributed by atoms with van der Waals surface area (Å²) in [7, 11) is 0. The molecular formula is C14H19ClFN. The first-order valence-electron chi connectivity index (χ1n) is 6.39. The van der Waals surface area contributed by atoms with E-state index >= 15 is 0 Å². The van der Waals surface area contributed by atoms with Gasteiger partial charge in [0.05, 0.1) is 5.02 Å². The van der Waals surface area contributed by atoms with E-state index in [1.54, 1.807) is 6.07 Å². The van der Waals surface area contributed by atoms with Crippen molar-refractivity contribution in [3.05, 3.63) is 34.6 Å². The third-order valence-corrected chi connectivity index (χ3v) is 3.65. The molecule has 1 saturated carbocycles. The molecule has 0 radical (unpaired) electrons. The van der Waals surface area contributed by atoms with Gasteiger partial charge in [0, 0.05) is 6.04 Å². The molecule has 0 aromatic heterocycles. The summed E-state index contributed by atoms with van der Waals surface area (Å²) >= 11 is 5.83. The van der Waals surface area contributed by atoms with Crippen molar-refractivity contribution < 1.29 is 4.39 Å². The van der Waals surface area contributed by atoms with Gasteiger partial charge in [-0.2, -0.15) is 0 Å². The van der Waals surface area contributed by atoms with E-state index in [0.29, 0.717) is 6.04 Å². The summed E-state index contributed by atoms with van der Waals surface area (Å²) < 4.78 is 13.1. The van der Waals surface area contributed by atoms with Crippen LogP contribution in [0.25, 0.3) is 0 Å². The third kappa shape index (κ3) is 3.68. The molecule has 1 N–H and O–H groups in total. The van der Waals surface area contributed by atoms with E-state index < -0.39 is 0 Å². The van der Waals surface area contributed by atoms with Crippen LogP contribution in [-0.2, 0) is 0 Å². The molecule has 1 aliphatic carbocycles. The Morgan fingerprint density at radius 1 is 1.47 bits per heavy atom.